The Morgan fingerprint density at radius 2 is 2.53 bits per heavy atom. The Morgan fingerprint density at radius 3 is 3.13 bits per heavy atom. The summed E-state index contributed by atoms with van der Waals surface area (Å²) in [7, 11) is 1.55. The molecule has 1 rings (SSSR count). The Labute approximate surface area is 89.6 Å². The first-order valence-electron chi connectivity index (χ1n) is 5.14. The summed E-state index contributed by atoms with van der Waals surface area (Å²) < 4.78 is 4.79. The van der Waals surface area contributed by atoms with Crippen LogP contribution in [0.25, 0.3) is 0 Å². The number of carbonyl (C=O) groups is 1. The number of methoxy groups -OCH3 is 1. The number of urea groups is 1. The van der Waals surface area contributed by atoms with Gasteiger partial charge in [0.1, 0.15) is 0 Å². The van der Waals surface area contributed by atoms with Crippen molar-refractivity contribution in [2.24, 2.45) is 0 Å². The van der Waals surface area contributed by atoms with Gasteiger partial charge < -0.3 is 25.4 Å². The zero-order chi connectivity index (χ0) is 11.1. The molecule has 1 atom stereocenters. The van der Waals surface area contributed by atoms with E-state index in [0.717, 1.165) is 13.1 Å². The van der Waals surface area contributed by atoms with Crippen LogP contribution in [0.15, 0.2) is 0 Å². The van der Waals surface area contributed by atoms with Gasteiger partial charge in [-0.1, -0.05) is 0 Å². The zero-order valence-corrected chi connectivity index (χ0v) is 9.03. The maximum absolute atomic E-state index is 11.1. The summed E-state index contributed by atoms with van der Waals surface area (Å²) >= 11 is 0. The van der Waals surface area contributed by atoms with Crippen molar-refractivity contribution in [2.45, 2.75) is 6.10 Å². The third kappa shape index (κ3) is 4.46. The minimum absolute atomic E-state index is 0.00533. The molecule has 1 heterocycles. The first-order chi connectivity index (χ1) is 7.24. The maximum Gasteiger partial charge on any atom is 0.317 e. The Hall–Kier alpha value is -0.850. The minimum Gasteiger partial charge on any atom is -0.389 e. The van der Waals surface area contributed by atoms with Gasteiger partial charge in [-0.25, -0.2) is 4.79 Å². The molecule has 3 N–H and O–H groups in total. The number of nitrogens with one attached hydrogen (secondary N) is 2. The fourth-order valence-electron chi connectivity index (χ4n) is 1.46. The van der Waals surface area contributed by atoms with Crippen molar-refractivity contribution >= 4 is 6.03 Å². The number of aliphatic hydroxyl groups excluding tert-OH is 1. The monoisotopic (exact) mass is 217 g/mol. The van der Waals surface area contributed by atoms with Crippen LogP contribution in [0.5, 0.6) is 0 Å². The average molecular weight is 217 g/mol. The van der Waals surface area contributed by atoms with Gasteiger partial charge in [0.2, 0.25) is 0 Å². The van der Waals surface area contributed by atoms with Crippen molar-refractivity contribution in [3.05, 3.63) is 0 Å². The van der Waals surface area contributed by atoms with Crippen molar-refractivity contribution in [1.82, 2.24) is 15.5 Å². The number of carbonyl (C=O) groups excluding carboxylic acids is 1. The van der Waals surface area contributed by atoms with Crippen LogP contribution in [0.4, 0.5) is 4.79 Å². The van der Waals surface area contributed by atoms with Crippen LogP contribution in [0, 0.1) is 0 Å². The van der Waals surface area contributed by atoms with Crippen molar-refractivity contribution in [1.29, 1.82) is 0 Å². The smallest absolute Gasteiger partial charge is 0.317 e. The van der Waals surface area contributed by atoms with E-state index in [-0.39, 0.29) is 6.03 Å². The molecule has 0 bridgehead atoms. The van der Waals surface area contributed by atoms with Gasteiger partial charge in [0.15, 0.2) is 0 Å². The molecule has 1 aliphatic heterocycles. The highest BCUT2D eigenvalue weighted by atomic mass is 16.5. The summed E-state index contributed by atoms with van der Waals surface area (Å²) in [6.07, 6.45) is -0.484. The van der Waals surface area contributed by atoms with Crippen LogP contribution >= 0.6 is 0 Å². The summed E-state index contributed by atoms with van der Waals surface area (Å²) in [6.45, 7) is 3.67. The first-order valence-corrected chi connectivity index (χ1v) is 5.14. The van der Waals surface area contributed by atoms with E-state index < -0.39 is 6.10 Å². The highest BCUT2D eigenvalue weighted by molar-refractivity contribution is 5.76. The molecular formula is C9H19N3O3. The largest absolute Gasteiger partial charge is 0.389 e. The van der Waals surface area contributed by atoms with Gasteiger partial charge in [-0.05, 0) is 0 Å². The van der Waals surface area contributed by atoms with Crippen LogP contribution in [0.3, 0.4) is 0 Å². The molecule has 0 aromatic rings. The third-order valence-corrected chi connectivity index (χ3v) is 2.24. The molecular weight excluding hydrogens is 198 g/mol. The number of hydrogen-bond donors (Lipinski definition) is 3. The number of hydrogen-bond acceptors (Lipinski definition) is 4. The number of rotatable bonds is 7. The normalized spacial score (nSPS) is 18.0. The zero-order valence-electron chi connectivity index (χ0n) is 9.03. The second kappa shape index (κ2) is 6.60. The first kappa shape index (κ1) is 12.2. The van der Waals surface area contributed by atoms with Gasteiger partial charge in [-0.15, -0.1) is 0 Å². The quantitative estimate of drug-likeness (QED) is 0.459. The lowest BCUT2D eigenvalue weighted by atomic mass is 10.4. The van der Waals surface area contributed by atoms with E-state index in [2.05, 4.69) is 10.6 Å². The molecule has 88 valence electrons. The predicted molar refractivity (Wildman–Crippen MR) is 55.7 cm³/mol. The predicted octanol–water partition coefficient (Wildman–Crippen LogP) is -1.39. The van der Waals surface area contributed by atoms with Crippen molar-refractivity contribution in [3.63, 3.8) is 0 Å². The molecule has 0 aromatic heterocycles. The second-order valence-electron chi connectivity index (χ2n) is 3.53. The fraction of sp³-hybridized carbons (Fsp3) is 0.889. The molecule has 1 aliphatic rings. The highest BCUT2D eigenvalue weighted by Gasteiger charge is 2.18. The summed E-state index contributed by atoms with van der Waals surface area (Å²) in [4.78, 5) is 12.9. The molecule has 1 saturated heterocycles. The van der Waals surface area contributed by atoms with Gasteiger partial charge in [0.05, 0.1) is 12.7 Å². The Balaban J connectivity index is 1.99. The molecule has 0 spiro atoms. The number of amides is 2. The molecule has 2 amide bonds. The van der Waals surface area contributed by atoms with Gasteiger partial charge in [-0.3, -0.25) is 0 Å². The molecule has 0 aliphatic carbocycles. The molecule has 6 nitrogen and oxygen atoms in total. The second-order valence-corrected chi connectivity index (χ2v) is 3.53. The van der Waals surface area contributed by atoms with E-state index in [1.165, 1.54) is 0 Å². The number of nitrogens with zero attached hydrogens (tertiary/aromatic N) is 1. The van der Waals surface area contributed by atoms with E-state index in [9.17, 15) is 9.90 Å². The van der Waals surface area contributed by atoms with Crippen LogP contribution in [-0.4, -0.2) is 68.6 Å². The molecule has 1 fully saturated rings. The molecule has 0 aromatic carbocycles. The molecule has 0 saturated carbocycles. The standard InChI is InChI=1S/C9H19N3O3/c1-15-7-8(13)6-10-2-4-12-5-3-11-9(12)14/h8,10,13H,2-7H2,1H3,(H,11,14). The number of aliphatic hydroxyl groups is 1. The SMILES string of the molecule is COCC(O)CNCCN1CCNC1=O. The van der Waals surface area contributed by atoms with E-state index >= 15 is 0 Å². The van der Waals surface area contributed by atoms with Gasteiger partial charge >= 0.3 is 6.03 Å². The molecule has 6 heteroatoms. The maximum atomic E-state index is 11.1. The Morgan fingerprint density at radius 1 is 1.73 bits per heavy atom. The summed E-state index contributed by atoms with van der Waals surface area (Å²) in [5.74, 6) is 0. The molecule has 1 unspecified atom stereocenters. The van der Waals surface area contributed by atoms with Crippen molar-refractivity contribution < 1.29 is 14.6 Å². The van der Waals surface area contributed by atoms with Gasteiger partial charge in [0, 0.05) is 39.8 Å². The van der Waals surface area contributed by atoms with E-state index in [1.807, 2.05) is 0 Å². The van der Waals surface area contributed by atoms with Crippen LogP contribution < -0.4 is 10.6 Å². The van der Waals surface area contributed by atoms with Crippen molar-refractivity contribution in [2.75, 3.05) is 46.4 Å². The minimum atomic E-state index is -0.484. The average Bonchev–Trinajstić information content (AvgIpc) is 2.60. The third-order valence-electron chi connectivity index (χ3n) is 2.24. The lowest BCUT2D eigenvalue weighted by Gasteiger charge is -2.15. The van der Waals surface area contributed by atoms with Crippen LogP contribution in [0.1, 0.15) is 0 Å². The fourth-order valence-corrected chi connectivity index (χ4v) is 1.46. The summed E-state index contributed by atoms with van der Waals surface area (Å²) in [6, 6.07) is -0.00533. The lowest BCUT2D eigenvalue weighted by molar-refractivity contribution is 0.0645. The van der Waals surface area contributed by atoms with E-state index in [1.54, 1.807) is 12.0 Å². The van der Waals surface area contributed by atoms with E-state index in [0.29, 0.717) is 26.2 Å². The van der Waals surface area contributed by atoms with Crippen LogP contribution in [-0.2, 0) is 4.74 Å². The summed E-state index contributed by atoms with van der Waals surface area (Å²) in [5.41, 5.74) is 0. The summed E-state index contributed by atoms with van der Waals surface area (Å²) in [5, 5.41) is 15.1. The Bertz CT molecular complexity index is 201. The van der Waals surface area contributed by atoms with Crippen molar-refractivity contribution in [3.8, 4) is 0 Å². The topological polar surface area (TPSA) is 73.8 Å². The van der Waals surface area contributed by atoms with Gasteiger partial charge in [-0.2, -0.15) is 0 Å². The lowest BCUT2D eigenvalue weighted by Crippen LogP contribution is -2.38. The highest BCUT2D eigenvalue weighted by Crippen LogP contribution is 1.94. The Kier molecular flexibility index (Phi) is 5.38. The number of ether oxygens (including phenoxy) is 1. The molecule has 0 radical (unpaired) electrons. The molecule has 15 heavy (non-hydrogen) atoms. The van der Waals surface area contributed by atoms with Gasteiger partial charge in [0.25, 0.3) is 0 Å². The van der Waals surface area contributed by atoms with E-state index in [4.69, 9.17) is 4.74 Å². The van der Waals surface area contributed by atoms with Crippen LogP contribution in [0.2, 0.25) is 0 Å².